The first-order valence-corrected chi connectivity index (χ1v) is 9.66. The minimum Gasteiger partial charge on any atom is -0.454 e. The van der Waals surface area contributed by atoms with Crippen molar-refractivity contribution in [3.8, 4) is 17.6 Å². The number of piperazine rings is 1. The zero-order valence-corrected chi connectivity index (χ0v) is 15.3. The molecule has 0 amide bonds. The molecule has 0 aliphatic carbocycles. The first-order valence-electron chi connectivity index (χ1n) is 8.43. The van der Waals surface area contributed by atoms with Crippen LogP contribution in [0.15, 0.2) is 29.6 Å². The molecule has 134 valence electrons. The predicted molar refractivity (Wildman–Crippen MR) is 98.6 cm³/mol. The fourth-order valence-electron chi connectivity index (χ4n) is 3.27. The molecule has 0 unspecified atom stereocenters. The summed E-state index contributed by atoms with van der Waals surface area (Å²) in [7, 11) is 0. The SMILES string of the molecule is CSc1ncnc(N2CCN(Cc3ccc4c(c3)OCO4)CC2)c1C#N. The quantitative estimate of drug-likeness (QED) is 0.599. The van der Waals surface area contributed by atoms with Crippen molar-refractivity contribution < 1.29 is 9.47 Å². The number of hydrogen-bond donors (Lipinski definition) is 0. The van der Waals surface area contributed by atoms with Gasteiger partial charge in [0.15, 0.2) is 17.3 Å². The lowest BCUT2D eigenvalue weighted by Crippen LogP contribution is -2.46. The molecule has 7 nitrogen and oxygen atoms in total. The number of nitrogens with zero attached hydrogens (tertiary/aromatic N) is 5. The van der Waals surface area contributed by atoms with E-state index in [-0.39, 0.29) is 0 Å². The Kier molecular flexibility index (Phi) is 4.82. The van der Waals surface area contributed by atoms with Gasteiger partial charge in [-0.2, -0.15) is 5.26 Å². The number of aromatic nitrogens is 2. The predicted octanol–water partition coefficient (Wildman–Crippen LogP) is 2.12. The van der Waals surface area contributed by atoms with E-state index in [4.69, 9.17) is 9.47 Å². The molecule has 0 radical (unpaired) electrons. The summed E-state index contributed by atoms with van der Waals surface area (Å²) in [4.78, 5) is 13.1. The molecule has 0 N–H and O–H groups in total. The van der Waals surface area contributed by atoms with E-state index in [1.165, 1.54) is 17.3 Å². The molecule has 1 aromatic carbocycles. The highest BCUT2D eigenvalue weighted by atomic mass is 32.2. The van der Waals surface area contributed by atoms with Gasteiger partial charge in [0.05, 0.1) is 0 Å². The van der Waals surface area contributed by atoms with Crippen LogP contribution < -0.4 is 14.4 Å². The van der Waals surface area contributed by atoms with E-state index in [2.05, 4.69) is 38.0 Å². The van der Waals surface area contributed by atoms with Crippen LogP contribution in [0.1, 0.15) is 11.1 Å². The molecular formula is C18H19N5O2S. The van der Waals surface area contributed by atoms with Crippen LogP contribution in [0, 0.1) is 11.3 Å². The molecule has 1 fully saturated rings. The van der Waals surface area contributed by atoms with E-state index in [1.54, 1.807) is 6.33 Å². The van der Waals surface area contributed by atoms with Gasteiger partial charge in [-0.15, -0.1) is 11.8 Å². The zero-order chi connectivity index (χ0) is 17.9. The number of nitriles is 1. The minimum atomic E-state index is 0.301. The molecule has 3 heterocycles. The van der Waals surface area contributed by atoms with E-state index in [9.17, 15) is 5.26 Å². The molecule has 0 saturated carbocycles. The van der Waals surface area contributed by atoms with Gasteiger partial charge < -0.3 is 14.4 Å². The summed E-state index contributed by atoms with van der Waals surface area (Å²) in [6.45, 7) is 4.68. The van der Waals surface area contributed by atoms with Gasteiger partial charge >= 0.3 is 0 Å². The van der Waals surface area contributed by atoms with Crippen LogP contribution in [0.3, 0.4) is 0 Å². The van der Waals surface area contributed by atoms with Crippen LogP contribution in [-0.2, 0) is 6.54 Å². The molecule has 4 rings (SSSR count). The molecule has 0 bridgehead atoms. The van der Waals surface area contributed by atoms with Crippen molar-refractivity contribution in [3.63, 3.8) is 0 Å². The highest BCUT2D eigenvalue weighted by Crippen LogP contribution is 2.33. The second-order valence-corrected chi connectivity index (χ2v) is 6.94. The summed E-state index contributed by atoms with van der Waals surface area (Å²) in [5, 5.41) is 10.2. The maximum absolute atomic E-state index is 9.48. The number of rotatable bonds is 4. The third-order valence-corrected chi connectivity index (χ3v) is 5.31. The molecule has 2 aromatic rings. The third-order valence-electron chi connectivity index (χ3n) is 4.61. The average Bonchev–Trinajstić information content (AvgIpc) is 3.15. The normalized spacial score (nSPS) is 16.5. The Balaban J connectivity index is 1.41. The summed E-state index contributed by atoms with van der Waals surface area (Å²) in [5.74, 6) is 2.39. The lowest BCUT2D eigenvalue weighted by Gasteiger charge is -2.35. The maximum Gasteiger partial charge on any atom is 0.231 e. The fourth-order valence-corrected chi connectivity index (χ4v) is 3.76. The number of hydrogen-bond acceptors (Lipinski definition) is 8. The van der Waals surface area contributed by atoms with Crippen molar-refractivity contribution >= 4 is 17.6 Å². The van der Waals surface area contributed by atoms with E-state index >= 15 is 0 Å². The van der Waals surface area contributed by atoms with Crippen LogP contribution >= 0.6 is 11.8 Å². The van der Waals surface area contributed by atoms with Gasteiger partial charge in [0.1, 0.15) is 23.0 Å². The third kappa shape index (κ3) is 3.28. The van der Waals surface area contributed by atoms with Crippen molar-refractivity contribution in [3.05, 3.63) is 35.7 Å². The molecule has 0 atom stereocenters. The average molecular weight is 369 g/mol. The summed E-state index contributed by atoms with van der Waals surface area (Å²) in [6.07, 6.45) is 3.47. The number of benzene rings is 1. The molecule has 1 saturated heterocycles. The monoisotopic (exact) mass is 369 g/mol. The number of thioether (sulfide) groups is 1. The smallest absolute Gasteiger partial charge is 0.231 e. The van der Waals surface area contributed by atoms with E-state index in [0.717, 1.165) is 55.1 Å². The van der Waals surface area contributed by atoms with Gasteiger partial charge in [0.25, 0.3) is 0 Å². The van der Waals surface area contributed by atoms with E-state index in [0.29, 0.717) is 12.4 Å². The van der Waals surface area contributed by atoms with E-state index < -0.39 is 0 Å². The van der Waals surface area contributed by atoms with Gasteiger partial charge in [-0.1, -0.05) is 6.07 Å². The Morgan fingerprint density at radius 3 is 2.73 bits per heavy atom. The van der Waals surface area contributed by atoms with E-state index in [1.807, 2.05) is 12.3 Å². The van der Waals surface area contributed by atoms with Crippen LogP contribution in [0.2, 0.25) is 0 Å². The molecular weight excluding hydrogens is 350 g/mol. The lowest BCUT2D eigenvalue weighted by atomic mass is 10.1. The first-order chi connectivity index (χ1) is 12.8. The Morgan fingerprint density at radius 1 is 1.15 bits per heavy atom. The molecule has 8 heteroatoms. The van der Waals surface area contributed by atoms with Crippen LogP contribution in [0.4, 0.5) is 5.82 Å². The van der Waals surface area contributed by atoms with Crippen LogP contribution in [0.5, 0.6) is 11.5 Å². The van der Waals surface area contributed by atoms with Gasteiger partial charge in [0.2, 0.25) is 6.79 Å². The summed E-state index contributed by atoms with van der Waals surface area (Å²) in [6, 6.07) is 8.37. The van der Waals surface area contributed by atoms with Crippen molar-refractivity contribution in [1.82, 2.24) is 14.9 Å². The Morgan fingerprint density at radius 2 is 1.96 bits per heavy atom. The maximum atomic E-state index is 9.48. The number of anilines is 1. The van der Waals surface area contributed by atoms with Gasteiger partial charge in [-0.05, 0) is 24.0 Å². The topological polar surface area (TPSA) is 74.5 Å². The fraction of sp³-hybridized carbons (Fsp3) is 0.389. The summed E-state index contributed by atoms with van der Waals surface area (Å²) >= 11 is 1.48. The number of ether oxygens (including phenoxy) is 2. The van der Waals surface area contributed by atoms with Crippen LogP contribution in [-0.4, -0.2) is 54.1 Å². The minimum absolute atomic E-state index is 0.301. The standard InChI is InChI=1S/C18H19N5O2S/c1-26-18-14(9-19)17(20-11-21-18)23-6-4-22(5-7-23)10-13-2-3-15-16(8-13)25-12-24-15/h2-3,8,11H,4-7,10,12H2,1H3. The summed E-state index contributed by atoms with van der Waals surface area (Å²) in [5.41, 5.74) is 1.79. The molecule has 0 spiro atoms. The largest absolute Gasteiger partial charge is 0.454 e. The molecule has 1 aromatic heterocycles. The Bertz CT molecular complexity index is 846. The summed E-state index contributed by atoms with van der Waals surface area (Å²) < 4.78 is 10.8. The van der Waals surface area contributed by atoms with Crippen LogP contribution in [0.25, 0.3) is 0 Å². The van der Waals surface area contributed by atoms with Gasteiger partial charge in [-0.3, -0.25) is 4.90 Å². The second-order valence-electron chi connectivity index (χ2n) is 6.14. The molecule has 2 aliphatic heterocycles. The van der Waals surface area contributed by atoms with Crippen molar-refractivity contribution in [2.75, 3.05) is 44.1 Å². The molecule has 26 heavy (non-hydrogen) atoms. The number of fused-ring (bicyclic) bond motifs is 1. The lowest BCUT2D eigenvalue weighted by molar-refractivity contribution is 0.174. The van der Waals surface area contributed by atoms with Crippen molar-refractivity contribution in [1.29, 1.82) is 5.26 Å². The highest BCUT2D eigenvalue weighted by molar-refractivity contribution is 7.98. The first kappa shape index (κ1) is 16.9. The van der Waals surface area contributed by atoms with Crippen molar-refractivity contribution in [2.45, 2.75) is 11.6 Å². The van der Waals surface area contributed by atoms with Gasteiger partial charge in [0, 0.05) is 32.7 Å². The Hall–Kier alpha value is -2.50. The van der Waals surface area contributed by atoms with Crippen molar-refractivity contribution in [2.24, 2.45) is 0 Å². The molecule has 2 aliphatic rings. The highest BCUT2D eigenvalue weighted by Gasteiger charge is 2.23. The van der Waals surface area contributed by atoms with Gasteiger partial charge in [-0.25, -0.2) is 9.97 Å². The zero-order valence-electron chi connectivity index (χ0n) is 14.5. The Labute approximate surface area is 156 Å². The second kappa shape index (κ2) is 7.40.